The summed E-state index contributed by atoms with van der Waals surface area (Å²) in [5.41, 5.74) is 0. The zero-order valence-electron chi connectivity index (χ0n) is 7.45. The van der Waals surface area contributed by atoms with Gasteiger partial charge in [-0.05, 0) is 12.8 Å². The predicted octanol–water partition coefficient (Wildman–Crippen LogP) is 0.321. The molecule has 1 fully saturated rings. The number of rotatable bonds is 2. The minimum Gasteiger partial charge on any atom is -0.480 e. The molecule has 1 aliphatic rings. The summed E-state index contributed by atoms with van der Waals surface area (Å²) < 4.78 is 0. The van der Waals surface area contributed by atoms with E-state index in [0.717, 1.165) is 11.5 Å². The Hall–Kier alpha value is -0.393. The van der Waals surface area contributed by atoms with Gasteiger partial charge in [-0.3, -0.25) is 4.79 Å². The van der Waals surface area contributed by atoms with Crippen LogP contribution in [0.15, 0.2) is 0 Å². The second-order valence-corrected chi connectivity index (χ2v) is 6.88. The van der Waals surface area contributed by atoms with Crippen molar-refractivity contribution in [2.75, 3.05) is 6.54 Å². The maximum Gasteiger partial charge on any atom is 0.322 e. The van der Waals surface area contributed by atoms with Gasteiger partial charge in [0.05, 0.1) is 8.80 Å². The number of hydrogen-bond donors (Lipinski definition) is 2. The Morgan fingerprint density at radius 3 is 2.33 bits per heavy atom. The molecule has 1 rings (SSSR count). The Bertz CT molecular complexity index is 197. The van der Waals surface area contributed by atoms with Gasteiger partial charge in [0.1, 0.15) is 5.16 Å². The van der Waals surface area contributed by atoms with Crippen LogP contribution in [0.5, 0.6) is 0 Å². The zero-order chi connectivity index (χ0) is 9.35. The lowest BCUT2D eigenvalue weighted by Gasteiger charge is -2.32. The highest BCUT2D eigenvalue weighted by Gasteiger charge is 2.50. The van der Waals surface area contributed by atoms with E-state index in [9.17, 15) is 10.0 Å². The van der Waals surface area contributed by atoms with E-state index in [4.69, 9.17) is 5.11 Å². The summed E-state index contributed by atoms with van der Waals surface area (Å²) in [6.45, 7) is 4.42. The van der Waals surface area contributed by atoms with Crippen LogP contribution in [0.25, 0.3) is 0 Å². The molecule has 0 aliphatic carbocycles. The maximum absolute atomic E-state index is 11.0. The van der Waals surface area contributed by atoms with Crippen LogP contribution in [0, 0.1) is 0 Å². The monoisotopic (exact) mass is 189 g/mol. The lowest BCUT2D eigenvalue weighted by Crippen LogP contribution is -2.57. The molecule has 0 aromatic rings. The molecule has 12 heavy (non-hydrogen) atoms. The van der Waals surface area contributed by atoms with E-state index in [-0.39, 0.29) is 0 Å². The van der Waals surface area contributed by atoms with Crippen LogP contribution in [0.4, 0.5) is 0 Å². The van der Waals surface area contributed by atoms with Crippen molar-refractivity contribution in [3.8, 4) is 0 Å². The molecule has 0 saturated carbocycles. The van der Waals surface area contributed by atoms with Gasteiger partial charge in [0.15, 0.2) is 0 Å². The molecule has 4 nitrogen and oxygen atoms in total. The lowest BCUT2D eigenvalue weighted by molar-refractivity contribution is -0.169. The highest BCUT2D eigenvalue weighted by Crippen LogP contribution is 2.30. The topological polar surface area (TPSA) is 60.8 Å². The standard InChI is InChI=1S/C7H15NO3Si/c1-12(2)7(6(9)10)4-3-5-8(7)11/h11-12H,3-5H2,1-2H3,(H,9,10)/t7-/m1/s1. The maximum atomic E-state index is 11.0. The first-order chi connectivity index (χ1) is 5.51. The SMILES string of the molecule is C[SiH](C)[C@@]1(C(=O)O)CCCN1O. The van der Waals surface area contributed by atoms with Crippen molar-refractivity contribution in [3.63, 3.8) is 0 Å². The van der Waals surface area contributed by atoms with Crippen molar-refractivity contribution in [1.82, 2.24) is 5.06 Å². The molecule has 70 valence electrons. The van der Waals surface area contributed by atoms with Gasteiger partial charge in [-0.1, -0.05) is 13.1 Å². The van der Waals surface area contributed by atoms with Crippen LogP contribution in [0.3, 0.4) is 0 Å². The van der Waals surface area contributed by atoms with E-state index in [2.05, 4.69) is 0 Å². The summed E-state index contributed by atoms with van der Waals surface area (Å²) in [7, 11) is -1.40. The first kappa shape index (κ1) is 9.69. The number of hydrogen-bond acceptors (Lipinski definition) is 3. The Morgan fingerprint density at radius 2 is 2.17 bits per heavy atom. The third-order valence-electron chi connectivity index (χ3n) is 2.71. The average Bonchev–Trinajstić information content (AvgIpc) is 2.31. The van der Waals surface area contributed by atoms with Crippen LogP contribution in [-0.2, 0) is 4.79 Å². The number of aliphatic carboxylic acids is 1. The van der Waals surface area contributed by atoms with E-state index in [0.29, 0.717) is 13.0 Å². The minimum absolute atomic E-state index is 0.498. The Balaban J connectivity index is 2.93. The van der Waals surface area contributed by atoms with E-state index in [1.807, 2.05) is 13.1 Å². The molecule has 5 heteroatoms. The summed E-state index contributed by atoms with van der Waals surface area (Å²) in [6, 6.07) is 0. The molecule has 0 radical (unpaired) electrons. The third-order valence-corrected chi connectivity index (χ3v) is 5.46. The van der Waals surface area contributed by atoms with E-state index < -0.39 is 19.9 Å². The van der Waals surface area contributed by atoms with Crippen molar-refractivity contribution in [2.45, 2.75) is 31.1 Å². The number of carbonyl (C=O) groups is 1. The number of carboxylic acid groups (broad SMARTS) is 1. The molecule has 0 bridgehead atoms. The molecular formula is C7H15NO3Si. The molecule has 0 spiro atoms. The first-order valence-electron chi connectivity index (χ1n) is 4.21. The van der Waals surface area contributed by atoms with Gasteiger partial charge >= 0.3 is 5.97 Å². The molecule has 0 unspecified atom stereocenters. The van der Waals surface area contributed by atoms with E-state index in [1.165, 1.54) is 0 Å². The fourth-order valence-electron chi connectivity index (χ4n) is 1.88. The second-order valence-electron chi connectivity index (χ2n) is 3.61. The molecule has 0 aromatic heterocycles. The molecule has 1 atom stereocenters. The number of hydroxylamine groups is 2. The smallest absolute Gasteiger partial charge is 0.322 e. The number of carboxylic acids is 1. The minimum atomic E-state index is -1.40. The third kappa shape index (κ3) is 1.18. The summed E-state index contributed by atoms with van der Waals surface area (Å²) in [5, 5.41) is 18.6. The molecule has 2 N–H and O–H groups in total. The Morgan fingerprint density at radius 1 is 1.58 bits per heavy atom. The largest absolute Gasteiger partial charge is 0.480 e. The molecule has 1 aliphatic heterocycles. The zero-order valence-corrected chi connectivity index (χ0v) is 8.60. The summed E-state index contributed by atoms with van der Waals surface area (Å²) in [4.78, 5) is 11.0. The Labute approximate surface area is 73.4 Å². The lowest BCUT2D eigenvalue weighted by atomic mass is 10.2. The summed E-state index contributed by atoms with van der Waals surface area (Å²) >= 11 is 0. The molecular weight excluding hydrogens is 174 g/mol. The first-order valence-corrected chi connectivity index (χ1v) is 7.10. The highest BCUT2D eigenvalue weighted by atomic mass is 28.3. The van der Waals surface area contributed by atoms with Crippen molar-refractivity contribution in [3.05, 3.63) is 0 Å². The fourth-order valence-corrected chi connectivity index (χ4v) is 3.88. The number of nitrogens with zero attached hydrogens (tertiary/aromatic N) is 1. The van der Waals surface area contributed by atoms with E-state index in [1.54, 1.807) is 0 Å². The van der Waals surface area contributed by atoms with Crippen LogP contribution < -0.4 is 0 Å². The van der Waals surface area contributed by atoms with Crippen LogP contribution in [-0.4, -0.2) is 41.8 Å². The van der Waals surface area contributed by atoms with Gasteiger partial charge in [0, 0.05) is 6.54 Å². The quantitative estimate of drug-likeness (QED) is 0.614. The molecule has 0 amide bonds. The Kier molecular flexibility index (Phi) is 2.55. The van der Waals surface area contributed by atoms with Crippen molar-refractivity contribution in [1.29, 1.82) is 0 Å². The molecule has 1 heterocycles. The van der Waals surface area contributed by atoms with Gasteiger partial charge < -0.3 is 10.3 Å². The van der Waals surface area contributed by atoms with Crippen LogP contribution >= 0.6 is 0 Å². The van der Waals surface area contributed by atoms with Gasteiger partial charge in [0.2, 0.25) is 0 Å². The van der Waals surface area contributed by atoms with Gasteiger partial charge in [0.25, 0.3) is 0 Å². The van der Waals surface area contributed by atoms with Crippen molar-refractivity contribution < 1.29 is 15.1 Å². The van der Waals surface area contributed by atoms with Crippen molar-refractivity contribution >= 4 is 14.8 Å². The normalized spacial score (nSPS) is 31.3. The summed E-state index contributed by atoms with van der Waals surface area (Å²) in [6.07, 6.45) is 1.39. The summed E-state index contributed by atoms with van der Waals surface area (Å²) in [5.74, 6) is -0.857. The van der Waals surface area contributed by atoms with Gasteiger partial charge in [-0.2, -0.15) is 5.06 Å². The molecule has 0 aromatic carbocycles. The average molecular weight is 189 g/mol. The van der Waals surface area contributed by atoms with Gasteiger partial charge in [-0.25, -0.2) is 0 Å². The predicted molar refractivity (Wildman–Crippen MR) is 47.0 cm³/mol. The second kappa shape index (κ2) is 3.16. The van der Waals surface area contributed by atoms with Gasteiger partial charge in [-0.15, -0.1) is 0 Å². The van der Waals surface area contributed by atoms with E-state index >= 15 is 0 Å². The van der Waals surface area contributed by atoms with Crippen molar-refractivity contribution in [2.24, 2.45) is 0 Å². The fraction of sp³-hybridized carbons (Fsp3) is 0.857. The molecule has 1 saturated heterocycles. The van der Waals surface area contributed by atoms with Crippen LogP contribution in [0.1, 0.15) is 12.8 Å². The highest BCUT2D eigenvalue weighted by molar-refractivity contribution is 6.64. The van der Waals surface area contributed by atoms with Crippen LogP contribution in [0.2, 0.25) is 13.1 Å².